The number of hydrogen-bond donors (Lipinski definition) is 1. The molecule has 1 atom stereocenters. The van der Waals surface area contributed by atoms with E-state index in [0.717, 1.165) is 45.6 Å². The molecule has 10 heteroatoms. The van der Waals surface area contributed by atoms with Crippen LogP contribution in [-0.2, 0) is 26.2 Å². The molecule has 1 N–H and O–H groups in total. The molecule has 2 amide bonds. The first kappa shape index (κ1) is 30.1. The minimum atomic E-state index is -4.13. The minimum Gasteiger partial charge on any atom is -0.352 e. The van der Waals surface area contributed by atoms with Crippen molar-refractivity contribution in [3.05, 3.63) is 93.4 Å². The van der Waals surface area contributed by atoms with Crippen molar-refractivity contribution in [3.8, 4) is 0 Å². The Hall–Kier alpha value is -2.88. The van der Waals surface area contributed by atoms with Crippen molar-refractivity contribution >= 4 is 55.1 Å². The summed E-state index contributed by atoms with van der Waals surface area (Å²) in [7, 11) is -4.13. The first-order valence-corrected chi connectivity index (χ1v) is 15.8. The van der Waals surface area contributed by atoms with Gasteiger partial charge < -0.3 is 10.2 Å². The molecule has 0 unspecified atom stereocenters. The Bertz CT molecular complexity index is 1430. The topological polar surface area (TPSA) is 86.8 Å². The predicted octanol–water partition coefficient (Wildman–Crippen LogP) is 6.08. The molecule has 3 aromatic rings. The van der Waals surface area contributed by atoms with Crippen LogP contribution >= 0.6 is 27.5 Å². The van der Waals surface area contributed by atoms with Crippen molar-refractivity contribution in [2.45, 2.75) is 63.1 Å². The molecule has 1 saturated carbocycles. The molecule has 1 fully saturated rings. The van der Waals surface area contributed by atoms with Gasteiger partial charge in [0.05, 0.1) is 10.6 Å². The molecule has 1 aliphatic carbocycles. The number of benzene rings is 3. The molecule has 0 bridgehead atoms. The number of aryl methyl sites for hydroxylation is 1. The van der Waals surface area contributed by atoms with Gasteiger partial charge in [-0.2, -0.15) is 0 Å². The highest BCUT2D eigenvalue weighted by molar-refractivity contribution is 9.10. The molecule has 40 heavy (non-hydrogen) atoms. The van der Waals surface area contributed by atoms with Gasteiger partial charge in [-0.05, 0) is 80.8 Å². The highest BCUT2D eigenvalue weighted by Crippen LogP contribution is 2.26. The van der Waals surface area contributed by atoms with E-state index in [1.165, 1.54) is 29.2 Å². The molecule has 4 rings (SSSR count). The van der Waals surface area contributed by atoms with Gasteiger partial charge in [-0.3, -0.25) is 13.9 Å². The largest absolute Gasteiger partial charge is 0.352 e. The number of halogens is 2. The lowest BCUT2D eigenvalue weighted by molar-refractivity contribution is -0.139. The molecule has 7 nitrogen and oxygen atoms in total. The van der Waals surface area contributed by atoms with E-state index in [4.69, 9.17) is 11.6 Å². The van der Waals surface area contributed by atoms with E-state index in [-0.39, 0.29) is 23.4 Å². The standard InChI is InChI=1S/C30H33BrClN3O4S/c1-21-7-15-27(16-8-21)35(40(38,39)28-17-13-25(32)14-18-28)20-29(36)34(19-23-9-11-24(31)12-10-23)22(2)30(37)33-26-5-3-4-6-26/h7-18,22,26H,3-6,19-20H2,1-2H3,(H,33,37)/t22-/m0/s1. The van der Waals surface area contributed by atoms with Crippen molar-refractivity contribution in [1.29, 1.82) is 0 Å². The lowest BCUT2D eigenvalue weighted by atomic mass is 10.1. The quantitative estimate of drug-likeness (QED) is 0.289. The van der Waals surface area contributed by atoms with E-state index < -0.39 is 28.5 Å². The van der Waals surface area contributed by atoms with E-state index in [0.29, 0.717) is 10.7 Å². The van der Waals surface area contributed by atoms with E-state index in [9.17, 15) is 18.0 Å². The Morgan fingerprint density at radius 3 is 2.17 bits per heavy atom. The summed E-state index contributed by atoms with van der Waals surface area (Å²) in [6, 6.07) is 19.5. The SMILES string of the molecule is Cc1ccc(N(CC(=O)N(Cc2ccc(Br)cc2)[C@@H](C)C(=O)NC2CCCC2)S(=O)(=O)c2ccc(Cl)cc2)cc1. The Labute approximate surface area is 249 Å². The van der Waals surface area contributed by atoms with E-state index in [1.807, 2.05) is 31.2 Å². The lowest BCUT2D eigenvalue weighted by Gasteiger charge is -2.32. The zero-order chi connectivity index (χ0) is 28.9. The molecular formula is C30H33BrClN3O4S. The van der Waals surface area contributed by atoms with Gasteiger partial charge in [-0.15, -0.1) is 0 Å². The van der Waals surface area contributed by atoms with Crippen LogP contribution in [0, 0.1) is 6.92 Å². The Morgan fingerprint density at radius 2 is 1.57 bits per heavy atom. The molecule has 0 spiro atoms. The van der Waals surface area contributed by atoms with Gasteiger partial charge in [-0.1, -0.05) is 70.2 Å². The van der Waals surface area contributed by atoms with Gasteiger partial charge in [-0.25, -0.2) is 8.42 Å². The van der Waals surface area contributed by atoms with Crippen LogP contribution < -0.4 is 9.62 Å². The van der Waals surface area contributed by atoms with Crippen LogP contribution in [0.1, 0.15) is 43.7 Å². The van der Waals surface area contributed by atoms with Crippen molar-refractivity contribution in [1.82, 2.24) is 10.2 Å². The second-order valence-electron chi connectivity index (χ2n) is 10.1. The number of rotatable bonds is 10. The molecule has 1 aliphatic rings. The number of nitrogens with zero attached hydrogens (tertiary/aromatic N) is 2. The molecule has 212 valence electrons. The number of carbonyl (C=O) groups excluding carboxylic acids is 2. The summed E-state index contributed by atoms with van der Waals surface area (Å²) < 4.78 is 29.7. The lowest BCUT2D eigenvalue weighted by Crippen LogP contribution is -2.52. The van der Waals surface area contributed by atoms with Crippen LogP contribution in [0.3, 0.4) is 0 Å². The third kappa shape index (κ3) is 7.44. The third-order valence-electron chi connectivity index (χ3n) is 7.14. The summed E-state index contributed by atoms with van der Waals surface area (Å²) in [6.07, 6.45) is 3.96. The van der Waals surface area contributed by atoms with Gasteiger partial charge in [0, 0.05) is 22.1 Å². The summed E-state index contributed by atoms with van der Waals surface area (Å²) in [4.78, 5) is 28.7. The Morgan fingerprint density at radius 1 is 0.975 bits per heavy atom. The fraction of sp³-hybridized carbons (Fsp3) is 0.333. The average Bonchev–Trinajstić information content (AvgIpc) is 3.44. The number of amides is 2. The zero-order valence-corrected chi connectivity index (χ0v) is 25.7. The monoisotopic (exact) mass is 645 g/mol. The van der Waals surface area contributed by atoms with Crippen LogP contribution in [0.25, 0.3) is 0 Å². The van der Waals surface area contributed by atoms with Gasteiger partial charge in [0.25, 0.3) is 10.0 Å². The summed E-state index contributed by atoms with van der Waals surface area (Å²) in [5.41, 5.74) is 2.12. The first-order chi connectivity index (χ1) is 19.0. The van der Waals surface area contributed by atoms with Crippen molar-refractivity contribution in [2.75, 3.05) is 10.8 Å². The van der Waals surface area contributed by atoms with Gasteiger partial charge in [0.2, 0.25) is 11.8 Å². The minimum absolute atomic E-state index is 0.0109. The molecular weight excluding hydrogens is 614 g/mol. The summed E-state index contributed by atoms with van der Waals surface area (Å²) >= 11 is 9.43. The molecule has 0 saturated heterocycles. The smallest absolute Gasteiger partial charge is 0.264 e. The second-order valence-corrected chi connectivity index (χ2v) is 13.3. The summed E-state index contributed by atoms with van der Waals surface area (Å²) in [5.74, 6) is -0.741. The van der Waals surface area contributed by atoms with E-state index in [1.54, 1.807) is 31.2 Å². The van der Waals surface area contributed by atoms with Crippen molar-refractivity contribution in [2.24, 2.45) is 0 Å². The highest BCUT2D eigenvalue weighted by Gasteiger charge is 2.33. The van der Waals surface area contributed by atoms with Gasteiger partial charge in [0.15, 0.2) is 0 Å². The average molecular weight is 647 g/mol. The summed E-state index contributed by atoms with van der Waals surface area (Å²) in [6.45, 7) is 3.25. The fourth-order valence-electron chi connectivity index (χ4n) is 4.73. The van der Waals surface area contributed by atoms with Crippen LogP contribution in [0.15, 0.2) is 82.2 Å². The fourth-order valence-corrected chi connectivity index (χ4v) is 6.54. The Kier molecular flexibility index (Phi) is 9.92. The maximum absolute atomic E-state index is 14.0. The number of anilines is 1. The maximum Gasteiger partial charge on any atom is 0.264 e. The predicted molar refractivity (Wildman–Crippen MR) is 162 cm³/mol. The van der Waals surface area contributed by atoms with Crippen molar-refractivity contribution in [3.63, 3.8) is 0 Å². The second kappa shape index (κ2) is 13.2. The third-order valence-corrected chi connectivity index (χ3v) is 9.71. The first-order valence-electron chi connectivity index (χ1n) is 13.2. The number of carbonyl (C=O) groups is 2. The van der Waals surface area contributed by atoms with Gasteiger partial charge in [0.1, 0.15) is 12.6 Å². The Balaban J connectivity index is 1.67. The van der Waals surface area contributed by atoms with Crippen LogP contribution in [-0.4, -0.2) is 43.8 Å². The van der Waals surface area contributed by atoms with E-state index >= 15 is 0 Å². The van der Waals surface area contributed by atoms with Crippen LogP contribution in [0.4, 0.5) is 5.69 Å². The summed E-state index contributed by atoms with van der Waals surface area (Å²) in [5, 5.41) is 3.48. The number of nitrogens with one attached hydrogen (secondary N) is 1. The molecule has 0 aromatic heterocycles. The molecule has 0 aliphatic heterocycles. The molecule has 0 heterocycles. The van der Waals surface area contributed by atoms with Crippen molar-refractivity contribution < 1.29 is 18.0 Å². The highest BCUT2D eigenvalue weighted by atomic mass is 79.9. The normalized spacial score (nSPS) is 14.5. The maximum atomic E-state index is 14.0. The van der Waals surface area contributed by atoms with E-state index in [2.05, 4.69) is 21.2 Å². The van der Waals surface area contributed by atoms with Crippen LogP contribution in [0.2, 0.25) is 5.02 Å². The van der Waals surface area contributed by atoms with Crippen LogP contribution in [0.5, 0.6) is 0 Å². The zero-order valence-electron chi connectivity index (χ0n) is 22.5. The number of sulfonamides is 1. The molecule has 0 radical (unpaired) electrons. The molecule has 3 aromatic carbocycles. The van der Waals surface area contributed by atoms with Gasteiger partial charge >= 0.3 is 0 Å². The number of hydrogen-bond acceptors (Lipinski definition) is 4.